The highest BCUT2D eigenvalue weighted by Gasteiger charge is 2.33. The lowest BCUT2D eigenvalue weighted by molar-refractivity contribution is -0.900. The van der Waals surface area contributed by atoms with Crippen LogP contribution in [0.4, 0.5) is 5.69 Å². The van der Waals surface area contributed by atoms with E-state index in [0.29, 0.717) is 22.3 Å². The van der Waals surface area contributed by atoms with Crippen molar-refractivity contribution in [3.63, 3.8) is 0 Å². The van der Waals surface area contributed by atoms with Gasteiger partial charge in [-0.25, -0.2) is 0 Å². The third-order valence-electron chi connectivity index (χ3n) is 5.21. The molecule has 0 amide bonds. The molecule has 1 saturated heterocycles. The molecule has 4 rings (SSSR count). The number of aliphatic hydroxyl groups excluding tert-OH is 1. The molecule has 2 aromatic rings. The third-order valence-corrected chi connectivity index (χ3v) is 5.21. The zero-order valence-corrected chi connectivity index (χ0v) is 14.0. The monoisotopic (exact) mass is 337 g/mol. The number of fused-ring (bicyclic) bond motifs is 2. The van der Waals surface area contributed by atoms with Gasteiger partial charge in [0, 0.05) is 22.4 Å². The number of nitrogens with zero attached hydrogens (tertiary/aromatic N) is 1. The lowest BCUT2D eigenvalue weighted by atomic mass is 9.83. The summed E-state index contributed by atoms with van der Waals surface area (Å²) in [6.07, 6.45) is 0. The molecule has 0 radical (unpaired) electrons. The number of anilines is 1. The largest absolute Gasteiger partial charge is 0.391 e. The summed E-state index contributed by atoms with van der Waals surface area (Å²) in [4.78, 5) is 29.5. The average Bonchev–Trinajstić information content (AvgIpc) is 2.66. The summed E-state index contributed by atoms with van der Waals surface area (Å²) >= 11 is 0. The first-order chi connectivity index (χ1) is 12.2. The molecule has 0 spiro atoms. The minimum Gasteiger partial charge on any atom is -0.391 e. The number of carbonyl (C=O) groups excluding carboxylic acids is 2. The lowest BCUT2D eigenvalue weighted by Crippen LogP contribution is -3.15. The van der Waals surface area contributed by atoms with Gasteiger partial charge >= 0.3 is 0 Å². The number of ketones is 2. The van der Waals surface area contributed by atoms with Crippen molar-refractivity contribution in [2.24, 2.45) is 0 Å². The van der Waals surface area contributed by atoms with E-state index in [1.54, 1.807) is 30.3 Å². The maximum Gasteiger partial charge on any atom is 0.196 e. The molecule has 1 aliphatic carbocycles. The third kappa shape index (κ3) is 2.65. The molecule has 2 N–H and O–H groups in total. The minimum atomic E-state index is -0.0726. The Morgan fingerprint density at radius 1 is 0.880 bits per heavy atom. The second-order valence-electron chi connectivity index (χ2n) is 6.61. The molecule has 128 valence electrons. The summed E-state index contributed by atoms with van der Waals surface area (Å²) in [5.74, 6) is -0.137. The number of hydrogen-bond acceptors (Lipinski definition) is 4. The Balaban J connectivity index is 1.71. The van der Waals surface area contributed by atoms with Crippen molar-refractivity contribution in [2.45, 2.75) is 0 Å². The highest BCUT2D eigenvalue weighted by molar-refractivity contribution is 6.30. The van der Waals surface area contributed by atoms with Gasteiger partial charge in [-0.3, -0.25) is 9.59 Å². The molecule has 5 nitrogen and oxygen atoms in total. The highest BCUT2D eigenvalue weighted by atomic mass is 16.3. The standard InChI is InChI=1S/C20H20N2O3/c23-13-12-21-8-10-22(11-9-21)17-7-3-6-16-18(17)20(25)15-5-2-1-4-14(15)19(16)24/h1-7,23H,8-13H2/p+1. The number of hydrogen-bond donors (Lipinski definition) is 2. The first-order valence-corrected chi connectivity index (χ1v) is 8.71. The van der Waals surface area contributed by atoms with E-state index in [9.17, 15) is 9.59 Å². The maximum absolute atomic E-state index is 13.1. The fourth-order valence-electron chi connectivity index (χ4n) is 3.86. The molecule has 2 aliphatic rings. The quantitative estimate of drug-likeness (QED) is 0.715. The number of quaternary nitrogens is 1. The summed E-state index contributed by atoms with van der Waals surface area (Å²) in [7, 11) is 0. The van der Waals surface area contributed by atoms with E-state index >= 15 is 0 Å². The first kappa shape index (κ1) is 16.0. The summed E-state index contributed by atoms with van der Waals surface area (Å²) in [5, 5.41) is 9.10. The Kier molecular flexibility index (Phi) is 4.11. The van der Waals surface area contributed by atoms with Crippen LogP contribution in [-0.4, -0.2) is 56.0 Å². The van der Waals surface area contributed by atoms with E-state index < -0.39 is 0 Å². The normalized spacial score (nSPS) is 17.4. The highest BCUT2D eigenvalue weighted by Crippen LogP contribution is 2.33. The van der Waals surface area contributed by atoms with Crippen LogP contribution in [0.3, 0.4) is 0 Å². The molecule has 1 aliphatic heterocycles. The van der Waals surface area contributed by atoms with Crippen molar-refractivity contribution < 1.29 is 19.6 Å². The van der Waals surface area contributed by atoms with Crippen LogP contribution in [0.1, 0.15) is 31.8 Å². The van der Waals surface area contributed by atoms with E-state index in [4.69, 9.17) is 5.11 Å². The van der Waals surface area contributed by atoms with Crippen molar-refractivity contribution in [1.29, 1.82) is 0 Å². The van der Waals surface area contributed by atoms with Gasteiger partial charge < -0.3 is 14.9 Å². The molecule has 0 saturated carbocycles. The molecule has 1 heterocycles. The maximum atomic E-state index is 13.1. The van der Waals surface area contributed by atoms with Crippen LogP contribution in [0.25, 0.3) is 0 Å². The second kappa shape index (κ2) is 6.43. The van der Waals surface area contributed by atoms with Crippen LogP contribution in [-0.2, 0) is 0 Å². The van der Waals surface area contributed by atoms with Crippen molar-refractivity contribution in [1.82, 2.24) is 0 Å². The topological polar surface area (TPSA) is 62.0 Å². The molecule has 0 unspecified atom stereocenters. The van der Waals surface area contributed by atoms with Crippen LogP contribution in [0.5, 0.6) is 0 Å². The predicted octanol–water partition coefficient (Wildman–Crippen LogP) is 0.159. The van der Waals surface area contributed by atoms with Gasteiger partial charge in [0.2, 0.25) is 0 Å². The Hall–Kier alpha value is -2.50. The van der Waals surface area contributed by atoms with Gasteiger partial charge in [0.15, 0.2) is 11.6 Å². The van der Waals surface area contributed by atoms with Crippen LogP contribution >= 0.6 is 0 Å². The number of carbonyl (C=O) groups is 2. The molecular formula is C20H21N2O3+. The molecular weight excluding hydrogens is 316 g/mol. The zero-order valence-electron chi connectivity index (χ0n) is 14.0. The summed E-state index contributed by atoms with van der Waals surface area (Å²) in [6, 6.07) is 12.6. The van der Waals surface area contributed by atoms with E-state index in [-0.39, 0.29) is 18.2 Å². The van der Waals surface area contributed by atoms with Gasteiger partial charge in [-0.1, -0.05) is 36.4 Å². The number of nitrogens with one attached hydrogen (secondary N) is 1. The summed E-state index contributed by atoms with van der Waals surface area (Å²) in [6.45, 7) is 4.42. The summed E-state index contributed by atoms with van der Waals surface area (Å²) < 4.78 is 0. The molecule has 0 atom stereocenters. The van der Waals surface area contributed by atoms with E-state index in [1.807, 2.05) is 12.1 Å². The van der Waals surface area contributed by atoms with Crippen LogP contribution in [0.2, 0.25) is 0 Å². The van der Waals surface area contributed by atoms with Gasteiger partial charge in [-0.05, 0) is 6.07 Å². The SMILES string of the molecule is O=C1c2ccccc2C(=O)c2c1cccc2N1CC[NH+](CCO)CC1. The lowest BCUT2D eigenvalue weighted by Gasteiger charge is -2.35. The Labute approximate surface area is 146 Å². The second-order valence-corrected chi connectivity index (χ2v) is 6.61. The molecule has 0 bridgehead atoms. The molecule has 5 heteroatoms. The average molecular weight is 337 g/mol. The van der Waals surface area contributed by atoms with E-state index in [0.717, 1.165) is 38.4 Å². The number of benzene rings is 2. The van der Waals surface area contributed by atoms with Crippen molar-refractivity contribution >= 4 is 17.3 Å². The number of rotatable bonds is 3. The zero-order chi connectivity index (χ0) is 17.4. The number of aliphatic hydroxyl groups is 1. The van der Waals surface area contributed by atoms with Gasteiger partial charge in [-0.2, -0.15) is 0 Å². The van der Waals surface area contributed by atoms with Crippen LogP contribution in [0.15, 0.2) is 42.5 Å². The Bertz CT molecular complexity index is 839. The van der Waals surface area contributed by atoms with E-state index in [2.05, 4.69) is 4.90 Å². The van der Waals surface area contributed by atoms with Crippen LogP contribution < -0.4 is 9.80 Å². The van der Waals surface area contributed by atoms with Gasteiger partial charge in [0.1, 0.15) is 6.54 Å². The summed E-state index contributed by atoms with van der Waals surface area (Å²) in [5.41, 5.74) is 2.89. The molecule has 0 aromatic heterocycles. The smallest absolute Gasteiger partial charge is 0.196 e. The fraction of sp³-hybridized carbons (Fsp3) is 0.300. The molecule has 2 aromatic carbocycles. The fourth-order valence-corrected chi connectivity index (χ4v) is 3.86. The number of piperazine rings is 1. The Morgan fingerprint density at radius 3 is 2.20 bits per heavy atom. The van der Waals surface area contributed by atoms with Crippen molar-refractivity contribution in [3.8, 4) is 0 Å². The minimum absolute atomic E-state index is 0.0639. The van der Waals surface area contributed by atoms with Crippen molar-refractivity contribution in [2.75, 3.05) is 44.2 Å². The van der Waals surface area contributed by atoms with Gasteiger partial charge in [0.25, 0.3) is 0 Å². The predicted molar refractivity (Wildman–Crippen MR) is 94.6 cm³/mol. The molecule has 1 fully saturated rings. The first-order valence-electron chi connectivity index (χ1n) is 8.71. The van der Waals surface area contributed by atoms with Crippen LogP contribution in [0, 0.1) is 0 Å². The van der Waals surface area contributed by atoms with E-state index in [1.165, 1.54) is 4.90 Å². The Morgan fingerprint density at radius 2 is 1.52 bits per heavy atom. The molecule has 25 heavy (non-hydrogen) atoms. The van der Waals surface area contributed by atoms with Gasteiger partial charge in [0.05, 0.1) is 38.3 Å². The van der Waals surface area contributed by atoms with Gasteiger partial charge in [-0.15, -0.1) is 0 Å². The van der Waals surface area contributed by atoms with Crippen molar-refractivity contribution in [3.05, 3.63) is 64.7 Å².